The Bertz CT molecular complexity index is 482. The summed E-state index contributed by atoms with van der Waals surface area (Å²) in [5.41, 5.74) is -0.563. The second-order valence-electron chi connectivity index (χ2n) is 4.23. The van der Waals surface area contributed by atoms with Crippen molar-refractivity contribution in [2.24, 2.45) is 0 Å². The molecule has 0 saturated heterocycles. The van der Waals surface area contributed by atoms with Crippen molar-refractivity contribution in [2.75, 3.05) is 7.11 Å². The molecule has 1 aliphatic heterocycles. The molecule has 0 radical (unpaired) electrons. The SMILES string of the molecule is COP1(=O)C=C(Sc2ccccc2)C(C)(C)O1. The molecule has 3 nitrogen and oxygen atoms in total. The standard InChI is InChI=1S/C12H15O3PS/c1-12(2)11(9-16(13,14-3)15-12)17-10-7-5-4-6-8-10/h4-9H,1-3H3. The van der Waals surface area contributed by atoms with Crippen molar-refractivity contribution in [3.05, 3.63) is 41.1 Å². The largest absolute Gasteiger partial charge is 0.355 e. The van der Waals surface area contributed by atoms with Gasteiger partial charge in [0.05, 0.1) is 0 Å². The van der Waals surface area contributed by atoms with Crippen LogP contribution in [0.15, 0.2) is 45.9 Å². The van der Waals surface area contributed by atoms with Crippen molar-refractivity contribution in [1.82, 2.24) is 0 Å². The van der Waals surface area contributed by atoms with Crippen LogP contribution >= 0.6 is 19.4 Å². The Balaban J connectivity index is 2.26. The number of thioether (sulfide) groups is 1. The molecule has 5 heteroatoms. The summed E-state index contributed by atoms with van der Waals surface area (Å²) in [7, 11) is -1.64. The number of rotatable bonds is 3. The molecule has 0 spiro atoms. The van der Waals surface area contributed by atoms with Crippen molar-refractivity contribution >= 4 is 19.4 Å². The van der Waals surface area contributed by atoms with E-state index in [0.717, 1.165) is 9.80 Å². The van der Waals surface area contributed by atoms with Gasteiger partial charge in [-0.2, -0.15) is 0 Å². The van der Waals surface area contributed by atoms with Crippen LogP contribution in [-0.4, -0.2) is 12.7 Å². The molecule has 0 fully saturated rings. The van der Waals surface area contributed by atoms with Crippen LogP contribution in [0.2, 0.25) is 0 Å². The minimum Gasteiger partial charge on any atom is -0.309 e. The predicted octanol–water partition coefficient (Wildman–Crippen LogP) is 4.27. The lowest BCUT2D eigenvalue weighted by Gasteiger charge is -2.22. The first-order valence-corrected chi connectivity index (χ1v) is 7.70. The summed E-state index contributed by atoms with van der Waals surface area (Å²) in [5, 5.41) is 0. The third-order valence-corrected chi connectivity index (χ3v) is 5.76. The molecule has 0 amide bonds. The minimum atomic E-state index is -3.05. The van der Waals surface area contributed by atoms with Gasteiger partial charge in [-0.25, -0.2) is 0 Å². The minimum absolute atomic E-state index is 0.563. The molecular weight excluding hydrogens is 255 g/mol. The Morgan fingerprint density at radius 2 is 1.94 bits per heavy atom. The maximum absolute atomic E-state index is 12.1. The molecule has 1 atom stereocenters. The van der Waals surface area contributed by atoms with E-state index in [0.29, 0.717) is 0 Å². The first-order valence-electron chi connectivity index (χ1n) is 5.28. The van der Waals surface area contributed by atoms with Gasteiger partial charge >= 0.3 is 7.60 Å². The zero-order valence-corrected chi connectivity index (χ0v) is 11.8. The third-order valence-electron chi connectivity index (χ3n) is 2.45. The van der Waals surface area contributed by atoms with E-state index < -0.39 is 13.2 Å². The lowest BCUT2D eigenvalue weighted by atomic mass is 10.1. The summed E-state index contributed by atoms with van der Waals surface area (Å²) < 4.78 is 22.5. The molecule has 0 aliphatic carbocycles. The van der Waals surface area contributed by atoms with Crippen LogP contribution in [0.25, 0.3) is 0 Å². The highest BCUT2D eigenvalue weighted by Gasteiger charge is 2.42. The van der Waals surface area contributed by atoms with Crippen LogP contribution in [0, 0.1) is 0 Å². The highest BCUT2D eigenvalue weighted by molar-refractivity contribution is 8.03. The average Bonchev–Trinajstić information content (AvgIpc) is 2.51. The Hall–Kier alpha value is -0.540. The molecule has 0 aromatic heterocycles. The Morgan fingerprint density at radius 3 is 2.47 bits per heavy atom. The third kappa shape index (κ3) is 2.83. The van der Waals surface area contributed by atoms with E-state index in [1.165, 1.54) is 7.11 Å². The van der Waals surface area contributed by atoms with Gasteiger partial charge < -0.3 is 4.52 Å². The van der Waals surface area contributed by atoms with E-state index in [1.54, 1.807) is 17.6 Å². The normalized spacial score (nSPS) is 26.9. The summed E-state index contributed by atoms with van der Waals surface area (Å²) in [6.07, 6.45) is 0. The molecule has 1 aromatic carbocycles. The lowest BCUT2D eigenvalue weighted by Crippen LogP contribution is -2.19. The molecule has 0 N–H and O–H groups in total. The van der Waals surface area contributed by atoms with E-state index in [9.17, 15) is 4.57 Å². The molecule has 0 bridgehead atoms. The highest BCUT2D eigenvalue weighted by atomic mass is 32.2. The van der Waals surface area contributed by atoms with E-state index in [4.69, 9.17) is 9.05 Å². The van der Waals surface area contributed by atoms with Crippen LogP contribution in [0.5, 0.6) is 0 Å². The summed E-state index contributed by atoms with van der Waals surface area (Å²) in [6, 6.07) is 9.94. The zero-order chi connectivity index (χ0) is 12.5. The van der Waals surface area contributed by atoms with Crippen molar-refractivity contribution in [3.8, 4) is 0 Å². The van der Waals surface area contributed by atoms with Crippen molar-refractivity contribution in [2.45, 2.75) is 24.3 Å². The molecule has 92 valence electrons. The quantitative estimate of drug-likeness (QED) is 0.768. The molecule has 1 aliphatic rings. The second kappa shape index (κ2) is 4.62. The Kier molecular flexibility index (Phi) is 3.50. The number of hydrogen-bond donors (Lipinski definition) is 0. The van der Waals surface area contributed by atoms with Crippen LogP contribution in [0.1, 0.15) is 13.8 Å². The first kappa shape index (κ1) is 12.9. The van der Waals surface area contributed by atoms with Gasteiger partial charge in [-0.1, -0.05) is 30.0 Å². The first-order chi connectivity index (χ1) is 7.95. The van der Waals surface area contributed by atoms with Crippen molar-refractivity contribution in [3.63, 3.8) is 0 Å². The van der Waals surface area contributed by atoms with Crippen LogP contribution in [0.3, 0.4) is 0 Å². The average molecular weight is 270 g/mol. The van der Waals surface area contributed by atoms with Gasteiger partial charge in [-0.3, -0.25) is 9.09 Å². The number of benzene rings is 1. The van der Waals surface area contributed by atoms with Gasteiger partial charge in [0.2, 0.25) is 0 Å². The molecule has 2 rings (SSSR count). The monoisotopic (exact) mass is 270 g/mol. The second-order valence-corrected chi connectivity index (χ2v) is 7.23. The Labute approximate surface area is 106 Å². The summed E-state index contributed by atoms with van der Waals surface area (Å²) in [6.45, 7) is 3.79. The topological polar surface area (TPSA) is 35.5 Å². The van der Waals surface area contributed by atoms with Crippen LogP contribution in [0.4, 0.5) is 0 Å². The van der Waals surface area contributed by atoms with Gasteiger partial charge in [0, 0.05) is 22.7 Å². The summed E-state index contributed by atoms with van der Waals surface area (Å²) in [5.74, 6) is 1.62. The summed E-state index contributed by atoms with van der Waals surface area (Å²) in [4.78, 5) is 2.02. The fourth-order valence-corrected chi connectivity index (χ4v) is 4.60. The highest BCUT2D eigenvalue weighted by Crippen LogP contribution is 2.62. The maximum atomic E-state index is 12.1. The van der Waals surface area contributed by atoms with Gasteiger partial charge in [-0.05, 0) is 26.0 Å². The maximum Gasteiger partial charge on any atom is 0.355 e. The molecule has 17 heavy (non-hydrogen) atoms. The molecule has 0 saturated carbocycles. The Morgan fingerprint density at radius 1 is 1.29 bits per heavy atom. The van der Waals surface area contributed by atoms with Crippen molar-refractivity contribution in [1.29, 1.82) is 0 Å². The van der Waals surface area contributed by atoms with Gasteiger partial charge in [0.25, 0.3) is 0 Å². The van der Waals surface area contributed by atoms with Crippen LogP contribution in [-0.2, 0) is 13.6 Å². The molecular formula is C12H15O3PS. The van der Waals surface area contributed by atoms with Gasteiger partial charge in [-0.15, -0.1) is 0 Å². The van der Waals surface area contributed by atoms with E-state index >= 15 is 0 Å². The van der Waals surface area contributed by atoms with E-state index in [1.807, 2.05) is 44.2 Å². The van der Waals surface area contributed by atoms with E-state index in [2.05, 4.69) is 0 Å². The van der Waals surface area contributed by atoms with E-state index in [-0.39, 0.29) is 0 Å². The molecule has 1 heterocycles. The fraction of sp³-hybridized carbons (Fsp3) is 0.333. The number of hydrogen-bond acceptors (Lipinski definition) is 4. The van der Waals surface area contributed by atoms with Gasteiger partial charge in [0.1, 0.15) is 5.60 Å². The lowest BCUT2D eigenvalue weighted by molar-refractivity contribution is 0.142. The molecule has 1 unspecified atom stereocenters. The van der Waals surface area contributed by atoms with Crippen LogP contribution < -0.4 is 0 Å². The molecule has 1 aromatic rings. The van der Waals surface area contributed by atoms with Crippen molar-refractivity contribution < 1.29 is 13.6 Å². The smallest absolute Gasteiger partial charge is 0.309 e. The predicted molar refractivity (Wildman–Crippen MR) is 70.2 cm³/mol. The summed E-state index contributed by atoms with van der Waals surface area (Å²) >= 11 is 1.56. The zero-order valence-electron chi connectivity index (χ0n) is 10.0. The fourth-order valence-electron chi connectivity index (χ4n) is 1.54. The van der Waals surface area contributed by atoms with Gasteiger partial charge in [0.15, 0.2) is 0 Å².